The molecule has 0 aliphatic rings. The molecular weight excluding hydrogens is 348 g/mol. The normalized spacial score (nSPS) is 11.7. The van der Waals surface area contributed by atoms with Gasteiger partial charge in [-0.05, 0) is 30.2 Å². The molecule has 136 valence electrons. The van der Waals surface area contributed by atoms with Crippen LogP contribution in [-0.4, -0.2) is 15.0 Å². The molecule has 0 spiro atoms. The Morgan fingerprint density at radius 2 is 1.71 bits per heavy atom. The quantitative estimate of drug-likeness (QED) is 0.558. The fourth-order valence-electron chi connectivity index (χ4n) is 3.14. The van der Waals surface area contributed by atoms with Gasteiger partial charge in [-0.1, -0.05) is 36.4 Å². The first-order valence-electron chi connectivity index (χ1n) is 8.88. The van der Waals surface area contributed by atoms with E-state index in [0.717, 1.165) is 33.3 Å². The van der Waals surface area contributed by atoms with Crippen LogP contribution in [0.25, 0.3) is 22.0 Å². The lowest BCUT2D eigenvalue weighted by Crippen LogP contribution is -2.08. The molecule has 6 nitrogen and oxygen atoms in total. The first-order chi connectivity index (χ1) is 13.7. The molecule has 2 aromatic carbocycles. The summed E-state index contributed by atoms with van der Waals surface area (Å²) in [6, 6.07) is 18.3. The molecule has 1 unspecified atom stereocenters. The van der Waals surface area contributed by atoms with E-state index >= 15 is 0 Å². The van der Waals surface area contributed by atoms with Crippen molar-refractivity contribution in [3.8, 4) is 17.2 Å². The van der Waals surface area contributed by atoms with Crippen LogP contribution in [0.15, 0.2) is 67.1 Å². The molecule has 3 N–H and O–H groups in total. The van der Waals surface area contributed by atoms with Crippen molar-refractivity contribution in [2.75, 3.05) is 11.1 Å². The zero-order valence-electron chi connectivity index (χ0n) is 15.3. The van der Waals surface area contributed by atoms with E-state index in [9.17, 15) is 5.26 Å². The number of hydrogen-bond acceptors (Lipinski definition) is 6. The van der Waals surface area contributed by atoms with Crippen molar-refractivity contribution in [1.29, 1.82) is 5.26 Å². The van der Waals surface area contributed by atoms with Crippen LogP contribution in [0.5, 0.6) is 0 Å². The molecule has 0 amide bonds. The van der Waals surface area contributed by atoms with E-state index in [2.05, 4.69) is 45.4 Å². The number of anilines is 2. The molecule has 0 radical (unpaired) electrons. The number of nitrogens with one attached hydrogen (secondary N) is 1. The van der Waals surface area contributed by atoms with Gasteiger partial charge >= 0.3 is 0 Å². The van der Waals surface area contributed by atoms with Gasteiger partial charge in [0, 0.05) is 35.6 Å². The van der Waals surface area contributed by atoms with Crippen LogP contribution in [0.3, 0.4) is 0 Å². The molecular formula is C22H18N6. The van der Waals surface area contributed by atoms with E-state index in [1.165, 1.54) is 0 Å². The van der Waals surface area contributed by atoms with Crippen LogP contribution in [0.4, 0.5) is 11.6 Å². The maximum Gasteiger partial charge on any atom is 0.219 e. The molecule has 4 rings (SSSR count). The largest absolute Gasteiger partial charge is 0.377 e. The molecule has 0 saturated carbocycles. The molecule has 6 heteroatoms. The van der Waals surface area contributed by atoms with Crippen LogP contribution in [0.2, 0.25) is 0 Å². The fraction of sp³-hybridized carbons (Fsp3) is 0.0909. The molecule has 1 atom stereocenters. The number of nitrogens with two attached hydrogens (primary N) is 1. The third-order valence-corrected chi connectivity index (χ3v) is 4.65. The summed E-state index contributed by atoms with van der Waals surface area (Å²) in [6.45, 7) is 2.07. The SMILES string of the molecule is CC(Nc1c(C#N)cnc2ccc(-c3cnc(N)nc3)cc12)c1ccccc1. The third-order valence-electron chi connectivity index (χ3n) is 4.65. The van der Waals surface area contributed by atoms with Crippen molar-refractivity contribution in [2.24, 2.45) is 0 Å². The minimum absolute atomic E-state index is 0.0300. The van der Waals surface area contributed by atoms with Gasteiger partial charge in [0.15, 0.2) is 0 Å². The lowest BCUT2D eigenvalue weighted by molar-refractivity contribution is 0.885. The molecule has 0 bridgehead atoms. The maximum absolute atomic E-state index is 9.61. The van der Waals surface area contributed by atoms with Gasteiger partial charge in [0.1, 0.15) is 6.07 Å². The van der Waals surface area contributed by atoms with Crippen molar-refractivity contribution < 1.29 is 0 Å². The number of nitrogen functional groups attached to an aromatic ring is 1. The van der Waals surface area contributed by atoms with Crippen LogP contribution in [-0.2, 0) is 0 Å². The Morgan fingerprint density at radius 1 is 0.964 bits per heavy atom. The smallest absolute Gasteiger partial charge is 0.219 e. The predicted molar refractivity (Wildman–Crippen MR) is 110 cm³/mol. The van der Waals surface area contributed by atoms with E-state index < -0.39 is 0 Å². The Hall–Kier alpha value is -3.98. The zero-order valence-corrected chi connectivity index (χ0v) is 15.3. The second-order valence-corrected chi connectivity index (χ2v) is 6.50. The minimum Gasteiger partial charge on any atom is -0.377 e. The number of hydrogen-bond donors (Lipinski definition) is 2. The molecule has 4 aromatic rings. The number of benzene rings is 2. The highest BCUT2D eigenvalue weighted by atomic mass is 15.0. The molecule has 2 heterocycles. The van der Waals surface area contributed by atoms with Gasteiger partial charge in [-0.3, -0.25) is 4.98 Å². The number of aromatic nitrogens is 3. The second-order valence-electron chi connectivity index (χ2n) is 6.50. The monoisotopic (exact) mass is 366 g/mol. The highest BCUT2D eigenvalue weighted by Crippen LogP contribution is 2.32. The second kappa shape index (κ2) is 7.33. The summed E-state index contributed by atoms with van der Waals surface area (Å²) in [7, 11) is 0. The summed E-state index contributed by atoms with van der Waals surface area (Å²) >= 11 is 0. The summed E-state index contributed by atoms with van der Waals surface area (Å²) in [5, 5.41) is 14.0. The minimum atomic E-state index is 0.0300. The van der Waals surface area contributed by atoms with Gasteiger partial charge in [0.05, 0.1) is 16.8 Å². The van der Waals surface area contributed by atoms with Crippen molar-refractivity contribution in [1.82, 2.24) is 15.0 Å². The van der Waals surface area contributed by atoms with Crippen molar-refractivity contribution in [3.63, 3.8) is 0 Å². The summed E-state index contributed by atoms with van der Waals surface area (Å²) in [6.07, 6.45) is 4.98. The number of fused-ring (bicyclic) bond motifs is 1. The van der Waals surface area contributed by atoms with Gasteiger partial charge in [-0.25, -0.2) is 9.97 Å². The number of rotatable bonds is 4. The van der Waals surface area contributed by atoms with Crippen molar-refractivity contribution in [3.05, 3.63) is 78.2 Å². The number of nitriles is 1. The van der Waals surface area contributed by atoms with E-state index in [1.807, 2.05) is 36.4 Å². The van der Waals surface area contributed by atoms with Gasteiger partial charge < -0.3 is 11.1 Å². The van der Waals surface area contributed by atoms with Crippen LogP contribution in [0, 0.1) is 11.3 Å². The zero-order chi connectivity index (χ0) is 19.5. The lowest BCUT2D eigenvalue weighted by atomic mass is 10.0. The Labute approximate surface area is 162 Å². The number of nitrogens with zero attached hydrogens (tertiary/aromatic N) is 4. The number of pyridine rings is 1. The summed E-state index contributed by atoms with van der Waals surface area (Å²) in [4.78, 5) is 12.6. The first-order valence-corrected chi connectivity index (χ1v) is 8.88. The Kier molecular flexibility index (Phi) is 4.56. The van der Waals surface area contributed by atoms with Crippen LogP contribution >= 0.6 is 0 Å². The van der Waals surface area contributed by atoms with Crippen LogP contribution in [0.1, 0.15) is 24.1 Å². The standard InChI is InChI=1S/C22H18N6/c1-14(15-5-3-2-4-6-15)28-21-17(10-23)11-25-20-8-7-16(9-19(20)21)18-12-26-22(24)27-13-18/h2-9,11-14H,1H3,(H,25,28)(H2,24,26,27). The van der Waals surface area contributed by atoms with E-state index in [4.69, 9.17) is 5.73 Å². The Morgan fingerprint density at radius 3 is 2.43 bits per heavy atom. The van der Waals surface area contributed by atoms with Gasteiger partial charge in [0.2, 0.25) is 5.95 Å². The van der Waals surface area contributed by atoms with Crippen LogP contribution < -0.4 is 11.1 Å². The summed E-state index contributed by atoms with van der Waals surface area (Å²) < 4.78 is 0. The molecule has 0 saturated heterocycles. The van der Waals surface area contributed by atoms with E-state index in [-0.39, 0.29) is 12.0 Å². The fourth-order valence-corrected chi connectivity index (χ4v) is 3.14. The lowest BCUT2D eigenvalue weighted by Gasteiger charge is -2.18. The highest BCUT2D eigenvalue weighted by molar-refractivity contribution is 5.96. The molecule has 2 aromatic heterocycles. The topological polar surface area (TPSA) is 101 Å². The third kappa shape index (κ3) is 3.33. The molecule has 0 aliphatic carbocycles. The van der Waals surface area contributed by atoms with Crippen molar-refractivity contribution in [2.45, 2.75) is 13.0 Å². The summed E-state index contributed by atoms with van der Waals surface area (Å²) in [5.41, 5.74) is 10.6. The van der Waals surface area contributed by atoms with Gasteiger partial charge in [0.25, 0.3) is 0 Å². The Balaban J connectivity index is 1.82. The van der Waals surface area contributed by atoms with Gasteiger partial charge in [-0.2, -0.15) is 5.26 Å². The predicted octanol–water partition coefficient (Wildman–Crippen LogP) is 4.32. The highest BCUT2D eigenvalue weighted by Gasteiger charge is 2.14. The maximum atomic E-state index is 9.61. The Bertz CT molecular complexity index is 1160. The molecule has 0 aliphatic heterocycles. The van der Waals surface area contributed by atoms with E-state index in [0.29, 0.717) is 5.56 Å². The van der Waals surface area contributed by atoms with Gasteiger partial charge in [-0.15, -0.1) is 0 Å². The average Bonchev–Trinajstić information content (AvgIpc) is 2.75. The van der Waals surface area contributed by atoms with E-state index in [1.54, 1.807) is 18.6 Å². The van der Waals surface area contributed by atoms with Crippen molar-refractivity contribution >= 4 is 22.5 Å². The summed E-state index contributed by atoms with van der Waals surface area (Å²) in [5.74, 6) is 0.233. The molecule has 0 fully saturated rings. The molecule has 28 heavy (non-hydrogen) atoms. The first kappa shape index (κ1) is 17.4. The average molecular weight is 366 g/mol.